The minimum Gasteiger partial charge on any atom is -0.293 e. The summed E-state index contributed by atoms with van der Waals surface area (Å²) in [6.07, 6.45) is 8.62. The van der Waals surface area contributed by atoms with Crippen molar-refractivity contribution in [1.82, 2.24) is 29.0 Å². The third kappa shape index (κ3) is 3.07. The van der Waals surface area contributed by atoms with Gasteiger partial charge in [0.25, 0.3) is 5.56 Å². The smallest absolute Gasteiger partial charge is 0.258 e. The van der Waals surface area contributed by atoms with Crippen molar-refractivity contribution in [3.8, 4) is 0 Å². The van der Waals surface area contributed by atoms with E-state index in [9.17, 15) is 4.79 Å². The van der Waals surface area contributed by atoms with Crippen LogP contribution in [0.4, 0.5) is 0 Å². The highest BCUT2D eigenvalue weighted by Gasteiger charge is 2.23. The Labute approximate surface area is 139 Å². The molecule has 1 aliphatic heterocycles. The molecule has 0 N–H and O–H groups in total. The molecule has 1 saturated heterocycles. The van der Waals surface area contributed by atoms with Crippen LogP contribution in [0.1, 0.15) is 25.0 Å². The second-order valence-electron chi connectivity index (χ2n) is 6.25. The predicted octanol–water partition coefficient (Wildman–Crippen LogP) is 1.34. The number of nitrogens with zero attached hydrogens (tertiary/aromatic N) is 6. The number of piperidine rings is 1. The lowest BCUT2D eigenvalue weighted by molar-refractivity contribution is 0.120. The van der Waals surface area contributed by atoms with Crippen molar-refractivity contribution < 1.29 is 0 Å². The van der Waals surface area contributed by atoms with Crippen LogP contribution in [0, 0.1) is 0 Å². The van der Waals surface area contributed by atoms with Gasteiger partial charge in [-0.05, 0) is 31.5 Å². The van der Waals surface area contributed by atoms with Crippen molar-refractivity contribution in [3.05, 3.63) is 59.2 Å². The summed E-state index contributed by atoms with van der Waals surface area (Å²) >= 11 is 0. The number of pyridine rings is 1. The Bertz CT molecular complexity index is 872. The largest absolute Gasteiger partial charge is 0.293 e. The van der Waals surface area contributed by atoms with E-state index in [0.717, 1.165) is 25.2 Å². The zero-order valence-corrected chi connectivity index (χ0v) is 13.5. The Morgan fingerprint density at radius 3 is 3.08 bits per heavy atom. The Kier molecular flexibility index (Phi) is 4.08. The van der Waals surface area contributed by atoms with Gasteiger partial charge in [0.2, 0.25) is 0 Å². The summed E-state index contributed by atoms with van der Waals surface area (Å²) in [6, 6.07) is 7.66. The highest BCUT2D eigenvalue weighted by molar-refractivity contribution is 5.37. The van der Waals surface area contributed by atoms with Crippen LogP contribution in [-0.4, -0.2) is 41.6 Å². The Morgan fingerprint density at radius 2 is 2.21 bits per heavy atom. The highest BCUT2D eigenvalue weighted by Crippen LogP contribution is 2.20. The molecule has 0 aliphatic carbocycles. The highest BCUT2D eigenvalue weighted by atomic mass is 16.1. The molecule has 3 aromatic heterocycles. The number of hydrogen-bond acceptors (Lipinski definition) is 5. The molecule has 0 unspecified atom stereocenters. The molecule has 0 aromatic carbocycles. The molecule has 1 atom stereocenters. The molecule has 7 heteroatoms. The number of fused-ring (bicyclic) bond motifs is 1. The first-order valence-electron chi connectivity index (χ1n) is 8.33. The molecule has 4 rings (SSSR count). The number of rotatable bonds is 4. The first kappa shape index (κ1) is 15.0. The molecule has 7 nitrogen and oxygen atoms in total. The lowest BCUT2D eigenvalue weighted by Gasteiger charge is -2.35. The summed E-state index contributed by atoms with van der Waals surface area (Å²) in [5, 5.41) is 4.22. The second-order valence-corrected chi connectivity index (χ2v) is 6.25. The number of hydrogen-bond donors (Lipinski definition) is 0. The Hall–Kier alpha value is -2.54. The van der Waals surface area contributed by atoms with Gasteiger partial charge in [-0.2, -0.15) is 5.10 Å². The van der Waals surface area contributed by atoms with E-state index in [0.29, 0.717) is 18.2 Å². The van der Waals surface area contributed by atoms with Crippen molar-refractivity contribution in [1.29, 1.82) is 0 Å². The lowest BCUT2D eigenvalue weighted by atomic mass is 10.0. The molecule has 0 bridgehead atoms. The minimum atomic E-state index is -0.0274. The van der Waals surface area contributed by atoms with Gasteiger partial charge in [-0.15, -0.1) is 0 Å². The summed E-state index contributed by atoms with van der Waals surface area (Å²) in [5.41, 5.74) is 1.50. The van der Waals surface area contributed by atoms with Gasteiger partial charge in [0.05, 0.1) is 12.2 Å². The van der Waals surface area contributed by atoms with Gasteiger partial charge in [0.1, 0.15) is 18.3 Å². The van der Waals surface area contributed by atoms with Crippen LogP contribution in [0.2, 0.25) is 0 Å². The van der Waals surface area contributed by atoms with Crippen LogP contribution in [0.15, 0.2) is 47.9 Å². The van der Waals surface area contributed by atoms with E-state index in [1.807, 2.05) is 22.9 Å². The van der Waals surface area contributed by atoms with Crippen LogP contribution >= 0.6 is 0 Å². The van der Waals surface area contributed by atoms with E-state index in [1.54, 1.807) is 29.3 Å². The van der Waals surface area contributed by atoms with E-state index in [-0.39, 0.29) is 5.56 Å². The molecule has 0 saturated carbocycles. The standard InChI is InChI=1S/C17H20N6O/c24-17-9-14(20-16-6-2-4-8-23(16)17)10-21-7-3-1-5-15(21)11-22-13-18-12-19-22/h2,4,6,8-9,12-13,15H,1,3,5,7,10-11H2/t15-/m0/s1. The van der Waals surface area contributed by atoms with Crippen molar-refractivity contribution in [3.63, 3.8) is 0 Å². The molecule has 3 aromatic rings. The molecular formula is C17H20N6O. The molecule has 0 radical (unpaired) electrons. The van der Waals surface area contributed by atoms with Crippen LogP contribution in [0.5, 0.6) is 0 Å². The summed E-state index contributed by atoms with van der Waals surface area (Å²) in [7, 11) is 0. The minimum absolute atomic E-state index is 0.0274. The molecule has 124 valence electrons. The maximum atomic E-state index is 12.3. The first-order chi connectivity index (χ1) is 11.8. The summed E-state index contributed by atoms with van der Waals surface area (Å²) in [6.45, 7) is 2.54. The zero-order chi connectivity index (χ0) is 16.4. The second kappa shape index (κ2) is 6.52. The molecule has 1 fully saturated rings. The van der Waals surface area contributed by atoms with Crippen LogP contribution in [-0.2, 0) is 13.1 Å². The SMILES string of the molecule is O=c1cc(CN2CCCC[C@H]2Cn2cncn2)nc2ccccn12. The quantitative estimate of drug-likeness (QED) is 0.724. The van der Waals surface area contributed by atoms with Gasteiger partial charge in [-0.1, -0.05) is 12.5 Å². The van der Waals surface area contributed by atoms with Crippen molar-refractivity contribution in [2.75, 3.05) is 6.54 Å². The van der Waals surface area contributed by atoms with Gasteiger partial charge >= 0.3 is 0 Å². The maximum absolute atomic E-state index is 12.3. The van der Waals surface area contributed by atoms with E-state index < -0.39 is 0 Å². The zero-order valence-electron chi connectivity index (χ0n) is 13.5. The van der Waals surface area contributed by atoms with Gasteiger partial charge < -0.3 is 0 Å². The first-order valence-corrected chi connectivity index (χ1v) is 8.33. The molecular weight excluding hydrogens is 304 g/mol. The lowest BCUT2D eigenvalue weighted by Crippen LogP contribution is -2.42. The average Bonchev–Trinajstić information content (AvgIpc) is 3.10. The fourth-order valence-electron chi connectivity index (χ4n) is 3.41. The van der Waals surface area contributed by atoms with Crippen molar-refractivity contribution in [2.24, 2.45) is 0 Å². The third-order valence-electron chi connectivity index (χ3n) is 4.60. The molecule has 24 heavy (non-hydrogen) atoms. The molecule has 0 spiro atoms. The third-order valence-corrected chi connectivity index (χ3v) is 4.60. The fraction of sp³-hybridized carbons (Fsp3) is 0.412. The molecule has 4 heterocycles. The van der Waals surface area contributed by atoms with E-state index >= 15 is 0 Å². The molecule has 1 aliphatic rings. The van der Waals surface area contributed by atoms with Crippen molar-refractivity contribution in [2.45, 2.75) is 38.4 Å². The van der Waals surface area contributed by atoms with Crippen LogP contribution in [0.3, 0.4) is 0 Å². The number of likely N-dealkylation sites (tertiary alicyclic amines) is 1. The van der Waals surface area contributed by atoms with Gasteiger partial charge in [-0.3, -0.25) is 18.8 Å². The van der Waals surface area contributed by atoms with E-state index in [1.165, 1.54) is 12.8 Å². The van der Waals surface area contributed by atoms with Gasteiger partial charge in [0.15, 0.2) is 0 Å². The topological polar surface area (TPSA) is 68.3 Å². The predicted molar refractivity (Wildman–Crippen MR) is 89.5 cm³/mol. The van der Waals surface area contributed by atoms with Gasteiger partial charge in [-0.25, -0.2) is 9.97 Å². The Morgan fingerprint density at radius 1 is 1.25 bits per heavy atom. The normalized spacial score (nSPS) is 18.9. The molecule has 0 amide bonds. The van der Waals surface area contributed by atoms with E-state index in [4.69, 9.17) is 0 Å². The summed E-state index contributed by atoms with van der Waals surface area (Å²) < 4.78 is 3.46. The fourth-order valence-corrected chi connectivity index (χ4v) is 3.41. The summed E-state index contributed by atoms with van der Waals surface area (Å²) in [5.74, 6) is 0. The number of aromatic nitrogens is 5. The van der Waals surface area contributed by atoms with Gasteiger partial charge in [0, 0.05) is 24.8 Å². The van der Waals surface area contributed by atoms with Crippen molar-refractivity contribution >= 4 is 5.65 Å². The van der Waals surface area contributed by atoms with Crippen LogP contribution in [0.25, 0.3) is 5.65 Å². The summed E-state index contributed by atoms with van der Waals surface area (Å²) in [4.78, 5) is 23.3. The van der Waals surface area contributed by atoms with E-state index in [2.05, 4.69) is 20.0 Å². The maximum Gasteiger partial charge on any atom is 0.258 e. The average molecular weight is 324 g/mol. The Balaban J connectivity index is 1.57. The van der Waals surface area contributed by atoms with Crippen LogP contribution < -0.4 is 5.56 Å². The monoisotopic (exact) mass is 324 g/mol.